The van der Waals surface area contributed by atoms with Crippen LogP contribution in [-0.2, 0) is 0 Å². The van der Waals surface area contributed by atoms with Gasteiger partial charge in [-0.25, -0.2) is 0 Å². The third kappa shape index (κ3) is 1.97. The summed E-state index contributed by atoms with van der Waals surface area (Å²) in [6.07, 6.45) is 0. The van der Waals surface area contributed by atoms with Crippen LogP contribution in [0.25, 0.3) is 11.1 Å². The van der Waals surface area contributed by atoms with Crippen molar-refractivity contribution in [3.63, 3.8) is 0 Å². The lowest BCUT2D eigenvalue weighted by molar-refractivity contribution is 0.0925. The van der Waals surface area contributed by atoms with E-state index in [0.717, 1.165) is 28.0 Å². The predicted octanol–water partition coefficient (Wildman–Crippen LogP) is 3.25. The van der Waals surface area contributed by atoms with Crippen LogP contribution in [0.3, 0.4) is 0 Å². The van der Waals surface area contributed by atoms with Gasteiger partial charge in [-0.15, -0.1) is 0 Å². The maximum atomic E-state index is 12.1. The molecule has 1 aliphatic rings. The van der Waals surface area contributed by atoms with Gasteiger partial charge in [-0.05, 0) is 30.7 Å². The number of carbonyl (C=O) groups excluding carboxylic acids is 1. The second-order valence-corrected chi connectivity index (χ2v) is 4.62. The van der Waals surface area contributed by atoms with Crippen molar-refractivity contribution < 1.29 is 14.3 Å². The summed E-state index contributed by atoms with van der Waals surface area (Å²) in [4.78, 5) is 12.1. The minimum atomic E-state index is 0.00821. The molecule has 3 nitrogen and oxygen atoms in total. The van der Waals surface area contributed by atoms with E-state index in [1.807, 2.05) is 43.3 Å². The van der Waals surface area contributed by atoms with E-state index in [9.17, 15) is 4.79 Å². The first-order chi connectivity index (χ1) is 9.19. The van der Waals surface area contributed by atoms with Crippen molar-refractivity contribution >= 4 is 5.78 Å². The van der Waals surface area contributed by atoms with Crippen molar-refractivity contribution in [2.75, 3.05) is 13.7 Å². The Morgan fingerprint density at radius 3 is 2.63 bits per heavy atom. The molecule has 0 saturated heterocycles. The normalized spacial score (nSPS) is 13.1. The maximum absolute atomic E-state index is 12.1. The number of carbonyl (C=O) groups is 1. The van der Waals surface area contributed by atoms with Crippen LogP contribution < -0.4 is 9.47 Å². The third-order valence-corrected chi connectivity index (χ3v) is 3.31. The number of aryl methyl sites for hydroxylation is 1. The Bertz CT molecular complexity index is 659. The molecule has 1 heterocycles. The van der Waals surface area contributed by atoms with Crippen molar-refractivity contribution in [2.24, 2.45) is 0 Å². The molecule has 1 aliphatic heterocycles. The Morgan fingerprint density at radius 2 is 1.84 bits per heavy atom. The van der Waals surface area contributed by atoms with E-state index in [0.29, 0.717) is 5.75 Å². The number of fused-ring (bicyclic) bond motifs is 3. The highest BCUT2D eigenvalue weighted by Gasteiger charge is 2.21. The van der Waals surface area contributed by atoms with Gasteiger partial charge in [0.05, 0.1) is 7.11 Å². The lowest BCUT2D eigenvalue weighted by Gasteiger charge is -2.10. The highest BCUT2D eigenvalue weighted by molar-refractivity contribution is 6.05. The summed E-state index contributed by atoms with van der Waals surface area (Å²) in [6.45, 7) is 2.05. The molecule has 0 aliphatic carbocycles. The summed E-state index contributed by atoms with van der Waals surface area (Å²) >= 11 is 0. The molecular formula is C16H14O3. The molecule has 0 amide bonds. The Labute approximate surface area is 111 Å². The summed E-state index contributed by atoms with van der Waals surface area (Å²) in [6, 6.07) is 11.5. The number of hydrogen-bond acceptors (Lipinski definition) is 3. The van der Waals surface area contributed by atoms with Crippen LogP contribution in [0.15, 0.2) is 36.4 Å². The maximum Gasteiger partial charge on any atom is 0.200 e. The lowest BCUT2D eigenvalue weighted by atomic mass is 9.95. The van der Waals surface area contributed by atoms with Gasteiger partial charge in [0.2, 0.25) is 5.78 Å². The molecule has 2 aromatic rings. The molecule has 2 aromatic carbocycles. The van der Waals surface area contributed by atoms with E-state index in [4.69, 9.17) is 9.47 Å². The van der Waals surface area contributed by atoms with Crippen LogP contribution in [0, 0.1) is 6.92 Å². The van der Waals surface area contributed by atoms with Gasteiger partial charge in [-0.1, -0.05) is 17.7 Å². The smallest absolute Gasteiger partial charge is 0.200 e. The SMILES string of the molecule is COc1ccc2c(c1)OCC(=O)c1cc(C)ccc1-2. The molecule has 0 radical (unpaired) electrons. The molecule has 0 bridgehead atoms. The van der Waals surface area contributed by atoms with Gasteiger partial charge in [0.1, 0.15) is 11.5 Å². The van der Waals surface area contributed by atoms with Gasteiger partial charge >= 0.3 is 0 Å². The number of Topliss-reactive ketones (excluding diaryl/α,β-unsaturated/α-hetero) is 1. The molecule has 3 heteroatoms. The highest BCUT2D eigenvalue weighted by Crippen LogP contribution is 2.37. The van der Waals surface area contributed by atoms with Gasteiger partial charge in [-0.2, -0.15) is 0 Å². The van der Waals surface area contributed by atoms with Gasteiger partial charge in [0.15, 0.2) is 6.61 Å². The quantitative estimate of drug-likeness (QED) is 0.783. The molecule has 96 valence electrons. The molecule has 0 N–H and O–H groups in total. The van der Waals surface area contributed by atoms with Crippen LogP contribution in [0.4, 0.5) is 0 Å². The number of rotatable bonds is 1. The van der Waals surface area contributed by atoms with Crippen molar-refractivity contribution in [3.8, 4) is 22.6 Å². The Kier molecular flexibility index (Phi) is 2.75. The average molecular weight is 254 g/mol. The van der Waals surface area contributed by atoms with E-state index in [1.165, 1.54) is 0 Å². The fraction of sp³-hybridized carbons (Fsp3) is 0.188. The van der Waals surface area contributed by atoms with Gasteiger partial charge in [-0.3, -0.25) is 4.79 Å². The first-order valence-corrected chi connectivity index (χ1v) is 6.14. The zero-order chi connectivity index (χ0) is 13.4. The Hall–Kier alpha value is -2.29. The van der Waals surface area contributed by atoms with Crippen molar-refractivity contribution in [1.82, 2.24) is 0 Å². The van der Waals surface area contributed by atoms with Crippen molar-refractivity contribution in [2.45, 2.75) is 6.92 Å². The van der Waals surface area contributed by atoms with Gasteiger partial charge < -0.3 is 9.47 Å². The molecule has 0 unspecified atom stereocenters. The average Bonchev–Trinajstić information content (AvgIpc) is 2.56. The summed E-state index contributed by atoms with van der Waals surface area (Å²) in [5.74, 6) is 1.42. The zero-order valence-corrected chi connectivity index (χ0v) is 10.9. The predicted molar refractivity (Wildman–Crippen MR) is 73.0 cm³/mol. The van der Waals surface area contributed by atoms with Crippen LogP contribution >= 0.6 is 0 Å². The fourth-order valence-electron chi connectivity index (χ4n) is 2.32. The van der Waals surface area contributed by atoms with Crippen molar-refractivity contribution in [3.05, 3.63) is 47.5 Å². The van der Waals surface area contributed by atoms with E-state index in [1.54, 1.807) is 7.11 Å². The van der Waals surface area contributed by atoms with Crippen LogP contribution in [0.2, 0.25) is 0 Å². The first kappa shape index (κ1) is 11.8. The fourth-order valence-corrected chi connectivity index (χ4v) is 2.32. The van der Waals surface area contributed by atoms with E-state index < -0.39 is 0 Å². The first-order valence-electron chi connectivity index (χ1n) is 6.14. The minimum Gasteiger partial charge on any atom is -0.497 e. The number of ether oxygens (including phenoxy) is 2. The Balaban J connectivity index is 2.24. The van der Waals surface area contributed by atoms with E-state index in [2.05, 4.69) is 0 Å². The summed E-state index contributed by atoms with van der Waals surface area (Å²) < 4.78 is 10.8. The number of methoxy groups -OCH3 is 1. The third-order valence-electron chi connectivity index (χ3n) is 3.31. The summed E-state index contributed by atoms with van der Waals surface area (Å²) in [5.41, 5.74) is 3.65. The molecule has 19 heavy (non-hydrogen) atoms. The minimum absolute atomic E-state index is 0.00821. The van der Waals surface area contributed by atoms with Gasteiger partial charge in [0.25, 0.3) is 0 Å². The molecule has 0 saturated carbocycles. The second kappa shape index (κ2) is 4.43. The molecular weight excluding hydrogens is 240 g/mol. The number of ketones is 1. The molecule has 0 aromatic heterocycles. The lowest BCUT2D eigenvalue weighted by Crippen LogP contribution is -2.09. The molecule has 0 spiro atoms. The van der Waals surface area contributed by atoms with E-state index >= 15 is 0 Å². The zero-order valence-electron chi connectivity index (χ0n) is 10.9. The molecule has 0 fully saturated rings. The van der Waals surface area contributed by atoms with Crippen LogP contribution in [-0.4, -0.2) is 19.5 Å². The number of hydrogen-bond donors (Lipinski definition) is 0. The number of benzene rings is 2. The second-order valence-electron chi connectivity index (χ2n) is 4.62. The largest absolute Gasteiger partial charge is 0.497 e. The molecule has 0 atom stereocenters. The highest BCUT2D eigenvalue weighted by atomic mass is 16.5. The van der Waals surface area contributed by atoms with Crippen LogP contribution in [0.1, 0.15) is 15.9 Å². The summed E-state index contributed by atoms with van der Waals surface area (Å²) in [7, 11) is 1.61. The standard InChI is InChI=1S/C16H14O3/c1-10-3-5-12-13-6-4-11(18-2)8-16(13)19-9-15(17)14(12)7-10/h3-8H,9H2,1-2H3. The monoisotopic (exact) mass is 254 g/mol. The Morgan fingerprint density at radius 1 is 1.05 bits per heavy atom. The summed E-state index contributed by atoms with van der Waals surface area (Å²) in [5, 5.41) is 0. The topological polar surface area (TPSA) is 35.5 Å². The van der Waals surface area contributed by atoms with Crippen LogP contribution in [0.5, 0.6) is 11.5 Å². The van der Waals surface area contributed by atoms with E-state index in [-0.39, 0.29) is 12.4 Å². The molecule has 3 rings (SSSR count). The van der Waals surface area contributed by atoms with Crippen molar-refractivity contribution in [1.29, 1.82) is 0 Å². The van der Waals surface area contributed by atoms with Gasteiger partial charge in [0, 0.05) is 17.2 Å².